The molecule has 1 rings (SSSR count). The number of rotatable bonds is 56. The Bertz CT molecular complexity index is 1810. The second kappa shape index (κ2) is 58.0. The SMILES string of the molecule is CC/C=C\C/C=C\C/C=C\C/C=C\CCCCCCCCC(=O)OCC(COC1OC(C(=O)O)C(O)C(O)C1OC(=O)CCCCCCCCC/C=C\C/C=C\CCCCC)OC(=O)CCCCCCCCC/C=C\C/C=C\CCCCC. The quantitative estimate of drug-likeness (QED) is 0.0228. The van der Waals surface area contributed by atoms with E-state index < -0.39 is 67.3 Å². The number of hydrogen-bond donors (Lipinski definition) is 3. The lowest BCUT2D eigenvalue weighted by molar-refractivity contribution is -0.301. The van der Waals surface area contributed by atoms with Crippen LogP contribution in [-0.2, 0) is 42.9 Å². The number of aliphatic hydroxyl groups excluding tert-OH is 2. The predicted octanol–water partition coefficient (Wildman–Crippen LogP) is 18.0. The monoisotopic (exact) mass is 1160 g/mol. The van der Waals surface area contributed by atoms with Crippen LogP contribution in [0.15, 0.2) is 97.2 Å². The Kier molecular flexibility index (Phi) is 53.6. The molecule has 0 aromatic rings. The van der Waals surface area contributed by atoms with Gasteiger partial charge in [-0.2, -0.15) is 0 Å². The van der Waals surface area contributed by atoms with E-state index in [2.05, 4.69) is 118 Å². The van der Waals surface area contributed by atoms with Gasteiger partial charge in [-0.3, -0.25) is 14.4 Å². The third-order valence-electron chi connectivity index (χ3n) is 14.6. The molecule has 0 bridgehead atoms. The summed E-state index contributed by atoms with van der Waals surface area (Å²) in [6.45, 7) is 5.84. The van der Waals surface area contributed by atoms with Gasteiger partial charge in [-0.25, -0.2) is 4.79 Å². The smallest absolute Gasteiger partial charge is 0.335 e. The maximum Gasteiger partial charge on any atom is 0.335 e. The summed E-state index contributed by atoms with van der Waals surface area (Å²) in [5, 5.41) is 31.6. The van der Waals surface area contributed by atoms with Crippen molar-refractivity contribution < 1.29 is 58.2 Å². The van der Waals surface area contributed by atoms with E-state index in [-0.39, 0.29) is 25.9 Å². The molecular weight excluding hydrogens is 1040 g/mol. The van der Waals surface area contributed by atoms with Crippen LogP contribution in [0.2, 0.25) is 0 Å². The number of aliphatic carboxylic acids is 1. The highest BCUT2D eigenvalue weighted by atomic mass is 16.7. The molecule has 0 saturated carbocycles. The molecule has 3 N–H and O–H groups in total. The highest BCUT2D eigenvalue weighted by molar-refractivity contribution is 5.74. The van der Waals surface area contributed by atoms with Crippen LogP contribution in [0.25, 0.3) is 0 Å². The van der Waals surface area contributed by atoms with Crippen molar-refractivity contribution in [3.05, 3.63) is 97.2 Å². The zero-order valence-electron chi connectivity index (χ0n) is 52.4. The number of aliphatic hydroxyl groups is 2. The number of carbonyl (C=O) groups excluding carboxylic acids is 3. The van der Waals surface area contributed by atoms with Crippen molar-refractivity contribution in [3.8, 4) is 0 Å². The molecule has 0 aromatic carbocycles. The van der Waals surface area contributed by atoms with Gasteiger partial charge < -0.3 is 39.0 Å². The van der Waals surface area contributed by atoms with Gasteiger partial charge in [0, 0.05) is 19.3 Å². The highest BCUT2D eigenvalue weighted by Gasteiger charge is 2.50. The van der Waals surface area contributed by atoms with Crippen LogP contribution in [0.4, 0.5) is 0 Å². The minimum atomic E-state index is -1.91. The first-order valence-electron chi connectivity index (χ1n) is 33.2. The second-order valence-corrected chi connectivity index (χ2v) is 22.4. The van der Waals surface area contributed by atoms with E-state index >= 15 is 0 Å². The normalized spacial score (nSPS) is 18.2. The third-order valence-corrected chi connectivity index (χ3v) is 14.6. The van der Waals surface area contributed by atoms with Crippen molar-refractivity contribution in [2.45, 2.75) is 314 Å². The molecule has 6 atom stereocenters. The molecule has 1 aliphatic rings. The van der Waals surface area contributed by atoms with Crippen molar-refractivity contribution >= 4 is 23.9 Å². The maximum atomic E-state index is 13.2. The average molecular weight is 1160 g/mol. The number of carboxylic acid groups (broad SMARTS) is 1. The Balaban J connectivity index is 2.68. The topological polar surface area (TPSA) is 175 Å². The summed E-state index contributed by atoms with van der Waals surface area (Å²) >= 11 is 0. The standard InChI is InChI=1S/C71H118O12/c1-4-7-10-13-16-19-22-25-28-31-32-35-36-39-42-45-48-51-54-57-63(72)79-60-62(81-64(73)58-55-52-49-46-43-40-37-33-29-26-23-20-17-14-11-8-5-2)61-80-71-69(67(76)66(75)68(83-71)70(77)78)82-65(74)59-56-53-50-47-44-41-38-34-30-27-24-21-18-15-12-9-6-3/h7,10,16-21,25-30,32,35,62,66-69,71,75-76H,4-6,8-9,11-15,22-24,31,33-34,36-61H2,1-3H3,(H,77,78)/b10-7-,19-16-,20-17-,21-18-,28-25-,29-26-,30-27-,35-32-. The van der Waals surface area contributed by atoms with E-state index in [0.29, 0.717) is 19.3 Å². The molecule has 1 heterocycles. The number of carbonyl (C=O) groups is 4. The Morgan fingerprint density at radius 1 is 0.410 bits per heavy atom. The molecule has 0 radical (unpaired) electrons. The number of hydrogen-bond acceptors (Lipinski definition) is 11. The Morgan fingerprint density at radius 3 is 1.16 bits per heavy atom. The summed E-state index contributed by atoms with van der Waals surface area (Å²) in [5.41, 5.74) is 0. The van der Waals surface area contributed by atoms with E-state index in [4.69, 9.17) is 23.7 Å². The molecular formula is C71H118O12. The van der Waals surface area contributed by atoms with Gasteiger partial charge in [0.1, 0.15) is 18.8 Å². The lowest BCUT2D eigenvalue weighted by atomic mass is 9.98. The van der Waals surface area contributed by atoms with Crippen LogP contribution in [0, 0.1) is 0 Å². The van der Waals surface area contributed by atoms with Crippen LogP contribution in [0.3, 0.4) is 0 Å². The fourth-order valence-corrected chi connectivity index (χ4v) is 9.54. The molecule has 12 nitrogen and oxygen atoms in total. The van der Waals surface area contributed by atoms with Gasteiger partial charge in [0.2, 0.25) is 0 Å². The fraction of sp³-hybridized carbons (Fsp3) is 0.718. The van der Waals surface area contributed by atoms with E-state index in [1.165, 1.54) is 51.4 Å². The van der Waals surface area contributed by atoms with Crippen molar-refractivity contribution in [3.63, 3.8) is 0 Å². The first kappa shape index (κ1) is 76.7. The maximum absolute atomic E-state index is 13.2. The van der Waals surface area contributed by atoms with E-state index in [1.807, 2.05) is 0 Å². The first-order valence-corrected chi connectivity index (χ1v) is 33.2. The van der Waals surface area contributed by atoms with Gasteiger partial charge in [0.15, 0.2) is 24.6 Å². The summed E-state index contributed by atoms with van der Waals surface area (Å²) in [6, 6.07) is 0. The van der Waals surface area contributed by atoms with Crippen LogP contribution in [0.5, 0.6) is 0 Å². The predicted molar refractivity (Wildman–Crippen MR) is 340 cm³/mol. The van der Waals surface area contributed by atoms with Gasteiger partial charge in [0.05, 0.1) is 6.61 Å². The van der Waals surface area contributed by atoms with Gasteiger partial charge in [0.25, 0.3) is 0 Å². The van der Waals surface area contributed by atoms with E-state index in [1.54, 1.807) is 0 Å². The number of esters is 3. The number of ether oxygens (including phenoxy) is 5. The lowest BCUT2D eigenvalue weighted by Crippen LogP contribution is -2.61. The van der Waals surface area contributed by atoms with Gasteiger partial charge in [-0.1, -0.05) is 234 Å². The molecule has 0 spiro atoms. The van der Waals surface area contributed by atoms with Crippen molar-refractivity contribution in [2.75, 3.05) is 13.2 Å². The molecule has 1 saturated heterocycles. The minimum absolute atomic E-state index is 0.0459. The molecule has 0 aromatic heterocycles. The molecule has 6 unspecified atom stereocenters. The Hall–Kier alpha value is -4.36. The summed E-state index contributed by atoms with van der Waals surface area (Å²) < 4.78 is 28.5. The third kappa shape index (κ3) is 47.6. The first-order chi connectivity index (χ1) is 40.6. The zero-order chi connectivity index (χ0) is 60.3. The molecule has 474 valence electrons. The van der Waals surface area contributed by atoms with Gasteiger partial charge in [-0.15, -0.1) is 0 Å². The fourth-order valence-electron chi connectivity index (χ4n) is 9.54. The number of unbranched alkanes of at least 4 members (excludes halogenated alkanes) is 26. The lowest BCUT2D eigenvalue weighted by Gasteiger charge is -2.40. The van der Waals surface area contributed by atoms with E-state index in [9.17, 15) is 34.5 Å². The summed E-state index contributed by atoms with van der Waals surface area (Å²) in [5.74, 6) is -3.15. The average Bonchev–Trinajstić information content (AvgIpc) is 3.59. The summed E-state index contributed by atoms with van der Waals surface area (Å²) in [7, 11) is 0. The highest BCUT2D eigenvalue weighted by Crippen LogP contribution is 2.27. The number of carboxylic acids is 1. The zero-order valence-corrected chi connectivity index (χ0v) is 52.4. The van der Waals surface area contributed by atoms with E-state index in [0.717, 1.165) is 167 Å². The molecule has 1 aliphatic heterocycles. The Morgan fingerprint density at radius 2 is 0.759 bits per heavy atom. The molecule has 0 amide bonds. The van der Waals surface area contributed by atoms with Crippen molar-refractivity contribution in [1.29, 1.82) is 0 Å². The van der Waals surface area contributed by atoms with Crippen molar-refractivity contribution in [1.82, 2.24) is 0 Å². The van der Waals surface area contributed by atoms with Gasteiger partial charge in [-0.05, 0) is 122 Å². The summed E-state index contributed by atoms with van der Waals surface area (Å²) in [6.07, 6.45) is 64.9. The van der Waals surface area contributed by atoms with Gasteiger partial charge >= 0.3 is 23.9 Å². The largest absolute Gasteiger partial charge is 0.479 e. The van der Waals surface area contributed by atoms with Crippen LogP contribution < -0.4 is 0 Å². The molecule has 12 heteroatoms. The van der Waals surface area contributed by atoms with Crippen molar-refractivity contribution in [2.24, 2.45) is 0 Å². The van der Waals surface area contributed by atoms with Crippen LogP contribution in [0.1, 0.15) is 278 Å². The molecule has 83 heavy (non-hydrogen) atoms. The van der Waals surface area contributed by atoms with Crippen LogP contribution >= 0.6 is 0 Å². The second-order valence-electron chi connectivity index (χ2n) is 22.4. The molecule has 1 fully saturated rings. The number of allylic oxidation sites excluding steroid dienone is 16. The van der Waals surface area contributed by atoms with Crippen LogP contribution in [-0.4, -0.2) is 89.2 Å². The Labute approximate surface area is 504 Å². The molecule has 0 aliphatic carbocycles. The minimum Gasteiger partial charge on any atom is -0.479 e. The summed E-state index contributed by atoms with van der Waals surface area (Å²) in [4.78, 5) is 51.4.